The zero-order valence-corrected chi connectivity index (χ0v) is 17.1. The number of amides is 1. The Hall–Kier alpha value is -2.71. The van der Waals surface area contributed by atoms with E-state index in [1.807, 2.05) is 25.1 Å². The molecule has 2 N–H and O–H groups in total. The minimum atomic E-state index is -3.83. The first-order valence-electron chi connectivity index (χ1n) is 9.47. The number of aryl methyl sites for hydroxylation is 3. The summed E-state index contributed by atoms with van der Waals surface area (Å²) in [7, 11) is -3.83. The lowest BCUT2D eigenvalue weighted by Gasteiger charge is -2.16. The van der Waals surface area contributed by atoms with Crippen LogP contribution in [-0.4, -0.2) is 33.4 Å². The van der Waals surface area contributed by atoms with Crippen molar-refractivity contribution in [2.24, 2.45) is 0 Å². The van der Waals surface area contributed by atoms with E-state index in [9.17, 15) is 18.0 Å². The molecule has 2 aromatic rings. The first kappa shape index (κ1) is 21.0. The Morgan fingerprint density at radius 2 is 1.69 bits per heavy atom. The lowest BCUT2D eigenvalue weighted by atomic mass is 9.92. The molecule has 0 atom stereocenters. The van der Waals surface area contributed by atoms with Gasteiger partial charge in [0.1, 0.15) is 6.54 Å². The maximum atomic E-state index is 12.4. The summed E-state index contributed by atoms with van der Waals surface area (Å²) < 4.78 is 31.9. The fourth-order valence-electron chi connectivity index (χ4n) is 3.15. The van der Waals surface area contributed by atoms with Crippen LogP contribution in [0.25, 0.3) is 0 Å². The van der Waals surface area contributed by atoms with Crippen LogP contribution in [0.4, 0.5) is 5.69 Å². The van der Waals surface area contributed by atoms with Gasteiger partial charge >= 0.3 is 5.97 Å². The zero-order chi connectivity index (χ0) is 20.9. The average molecular weight is 416 g/mol. The van der Waals surface area contributed by atoms with E-state index >= 15 is 0 Å². The van der Waals surface area contributed by atoms with Crippen LogP contribution >= 0.6 is 0 Å². The van der Waals surface area contributed by atoms with Gasteiger partial charge in [-0.3, -0.25) is 9.59 Å². The smallest absolute Gasteiger partial charge is 0.321 e. The number of hydrogen-bond donors (Lipinski definition) is 2. The normalized spacial score (nSPS) is 13.4. The predicted octanol–water partition coefficient (Wildman–Crippen LogP) is 2.33. The first-order chi connectivity index (χ1) is 13.8. The summed E-state index contributed by atoms with van der Waals surface area (Å²) in [5.41, 5.74) is 3.86. The van der Waals surface area contributed by atoms with Gasteiger partial charge in [-0.25, -0.2) is 8.42 Å². The molecular weight excluding hydrogens is 392 g/mol. The highest BCUT2D eigenvalue weighted by Gasteiger charge is 2.19. The Balaban J connectivity index is 1.48. The Morgan fingerprint density at radius 1 is 1.00 bits per heavy atom. The van der Waals surface area contributed by atoms with Crippen molar-refractivity contribution < 1.29 is 22.7 Å². The van der Waals surface area contributed by atoms with Gasteiger partial charge < -0.3 is 10.1 Å². The largest absolute Gasteiger partial charge is 0.455 e. The summed E-state index contributed by atoms with van der Waals surface area (Å²) in [6.07, 6.45) is 3.97. The molecule has 29 heavy (non-hydrogen) atoms. The molecule has 1 amide bonds. The summed E-state index contributed by atoms with van der Waals surface area (Å²) in [6.45, 7) is 0.892. The fourth-order valence-corrected chi connectivity index (χ4v) is 4.16. The van der Waals surface area contributed by atoms with Gasteiger partial charge in [0, 0.05) is 5.69 Å². The third kappa shape index (κ3) is 5.88. The number of hydrogen-bond acceptors (Lipinski definition) is 5. The molecule has 0 saturated heterocycles. The van der Waals surface area contributed by atoms with E-state index in [0.29, 0.717) is 5.69 Å². The van der Waals surface area contributed by atoms with Crippen molar-refractivity contribution in [2.75, 3.05) is 18.5 Å². The molecular formula is C21H24N2O5S. The highest BCUT2D eigenvalue weighted by atomic mass is 32.2. The Labute approximate surface area is 170 Å². The molecule has 8 heteroatoms. The van der Waals surface area contributed by atoms with Crippen molar-refractivity contribution in [1.29, 1.82) is 0 Å². The predicted molar refractivity (Wildman–Crippen MR) is 109 cm³/mol. The van der Waals surface area contributed by atoms with Crippen LogP contribution in [0.5, 0.6) is 0 Å². The molecule has 0 unspecified atom stereocenters. The summed E-state index contributed by atoms with van der Waals surface area (Å²) in [6, 6.07) is 12.2. The summed E-state index contributed by atoms with van der Waals surface area (Å²) >= 11 is 0. The molecule has 0 radical (unpaired) electrons. The van der Waals surface area contributed by atoms with E-state index in [1.165, 1.54) is 5.56 Å². The topological polar surface area (TPSA) is 102 Å². The van der Waals surface area contributed by atoms with Gasteiger partial charge in [0.2, 0.25) is 10.0 Å². The molecule has 2 aromatic carbocycles. The van der Waals surface area contributed by atoms with Crippen LogP contribution < -0.4 is 10.0 Å². The molecule has 0 fully saturated rings. The van der Waals surface area contributed by atoms with Crippen LogP contribution in [0.3, 0.4) is 0 Å². The number of esters is 1. The lowest BCUT2D eigenvalue weighted by Crippen LogP contribution is -2.32. The van der Waals surface area contributed by atoms with Gasteiger partial charge in [-0.15, -0.1) is 0 Å². The van der Waals surface area contributed by atoms with Gasteiger partial charge in [-0.05, 0) is 68.0 Å². The second-order valence-electron chi connectivity index (χ2n) is 7.04. The molecule has 3 rings (SSSR count). The van der Waals surface area contributed by atoms with Crippen molar-refractivity contribution in [2.45, 2.75) is 37.5 Å². The molecule has 0 heterocycles. The number of nitrogens with one attached hydrogen (secondary N) is 2. The maximum Gasteiger partial charge on any atom is 0.321 e. The molecule has 0 spiro atoms. The second kappa shape index (κ2) is 9.19. The summed E-state index contributed by atoms with van der Waals surface area (Å²) in [5, 5.41) is 2.60. The third-order valence-corrected chi connectivity index (χ3v) is 6.14. The van der Waals surface area contributed by atoms with Gasteiger partial charge in [-0.2, -0.15) is 4.72 Å². The van der Waals surface area contributed by atoms with E-state index in [4.69, 9.17) is 4.74 Å². The van der Waals surface area contributed by atoms with Crippen LogP contribution in [0.1, 0.15) is 29.5 Å². The average Bonchev–Trinajstić information content (AvgIpc) is 2.72. The second-order valence-corrected chi connectivity index (χ2v) is 8.80. The van der Waals surface area contributed by atoms with Crippen molar-refractivity contribution in [1.82, 2.24) is 4.72 Å². The standard InChI is InChI=1S/C21H24N2O5S/c1-15-6-9-18(10-7-15)23-20(24)14-28-21(25)13-22-29(26,27)19-11-8-16-4-2-3-5-17(16)12-19/h6-12,22H,2-5,13-14H2,1H3,(H,23,24). The minimum Gasteiger partial charge on any atom is -0.455 e. The maximum absolute atomic E-state index is 12.4. The highest BCUT2D eigenvalue weighted by molar-refractivity contribution is 7.89. The van der Waals surface area contributed by atoms with Crippen LogP contribution in [0.15, 0.2) is 47.4 Å². The van der Waals surface area contributed by atoms with Gasteiger partial charge in [-0.1, -0.05) is 23.8 Å². The first-order valence-corrected chi connectivity index (χ1v) is 11.0. The minimum absolute atomic E-state index is 0.128. The Bertz CT molecular complexity index is 1000. The van der Waals surface area contributed by atoms with E-state index < -0.39 is 35.1 Å². The molecule has 1 aliphatic rings. The van der Waals surface area contributed by atoms with Crippen LogP contribution in [-0.2, 0) is 37.2 Å². The Kier molecular flexibility index (Phi) is 6.66. The van der Waals surface area contributed by atoms with E-state index in [2.05, 4.69) is 10.0 Å². The monoisotopic (exact) mass is 416 g/mol. The molecule has 0 saturated carbocycles. The lowest BCUT2D eigenvalue weighted by molar-refractivity contribution is -0.146. The van der Waals surface area contributed by atoms with E-state index in [0.717, 1.165) is 36.8 Å². The van der Waals surface area contributed by atoms with Crippen molar-refractivity contribution in [3.05, 3.63) is 59.2 Å². The zero-order valence-electron chi connectivity index (χ0n) is 16.2. The molecule has 0 bridgehead atoms. The number of ether oxygens (including phenoxy) is 1. The molecule has 0 aromatic heterocycles. The van der Waals surface area contributed by atoms with Crippen molar-refractivity contribution >= 4 is 27.6 Å². The van der Waals surface area contributed by atoms with Gasteiger partial charge in [0.25, 0.3) is 5.91 Å². The SMILES string of the molecule is Cc1ccc(NC(=O)COC(=O)CNS(=O)(=O)c2ccc3c(c2)CCCC3)cc1. The number of carbonyl (C=O) groups is 2. The number of anilines is 1. The van der Waals surface area contributed by atoms with Crippen LogP contribution in [0.2, 0.25) is 0 Å². The molecule has 1 aliphatic carbocycles. The molecule has 0 aliphatic heterocycles. The van der Waals surface area contributed by atoms with Gasteiger partial charge in [0.15, 0.2) is 6.61 Å². The third-order valence-electron chi connectivity index (χ3n) is 4.74. The number of sulfonamides is 1. The fraction of sp³-hybridized carbons (Fsp3) is 0.333. The van der Waals surface area contributed by atoms with Crippen molar-refractivity contribution in [3.63, 3.8) is 0 Å². The molecule has 7 nitrogen and oxygen atoms in total. The highest BCUT2D eigenvalue weighted by Crippen LogP contribution is 2.24. The molecule has 154 valence electrons. The quantitative estimate of drug-likeness (QED) is 0.675. The van der Waals surface area contributed by atoms with E-state index in [-0.39, 0.29) is 4.90 Å². The Morgan fingerprint density at radius 3 is 2.41 bits per heavy atom. The van der Waals surface area contributed by atoms with E-state index in [1.54, 1.807) is 24.3 Å². The summed E-state index contributed by atoms with van der Waals surface area (Å²) in [5.74, 6) is -1.33. The number of benzene rings is 2. The summed E-state index contributed by atoms with van der Waals surface area (Å²) in [4.78, 5) is 23.8. The van der Waals surface area contributed by atoms with Gasteiger partial charge in [0.05, 0.1) is 4.90 Å². The van der Waals surface area contributed by atoms with Crippen LogP contribution in [0, 0.1) is 6.92 Å². The number of rotatable bonds is 7. The number of fused-ring (bicyclic) bond motifs is 1. The van der Waals surface area contributed by atoms with Crippen molar-refractivity contribution in [3.8, 4) is 0 Å². The number of carbonyl (C=O) groups excluding carboxylic acids is 2.